The highest BCUT2D eigenvalue weighted by molar-refractivity contribution is 7.93. The molecule has 0 aliphatic carbocycles. The molecule has 0 unspecified atom stereocenters. The van der Waals surface area contributed by atoms with Crippen LogP contribution in [0.2, 0.25) is 0 Å². The van der Waals surface area contributed by atoms with Crippen LogP contribution in [0.4, 0.5) is 0 Å². The molecule has 13 heteroatoms. The van der Waals surface area contributed by atoms with Gasteiger partial charge >= 0.3 is 5.97 Å². The molecule has 1 saturated heterocycles. The van der Waals surface area contributed by atoms with Crippen LogP contribution in [0.5, 0.6) is 5.75 Å². The van der Waals surface area contributed by atoms with Gasteiger partial charge in [-0.2, -0.15) is 4.31 Å². The third-order valence-corrected chi connectivity index (χ3v) is 10.3. The number of pyridine rings is 1. The van der Waals surface area contributed by atoms with Gasteiger partial charge in [-0.25, -0.2) is 21.6 Å². The van der Waals surface area contributed by atoms with Gasteiger partial charge in [0.25, 0.3) is 0 Å². The van der Waals surface area contributed by atoms with E-state index < -0.39 is 32.1 Å². The standard InChI is InChI=1S/C28H34N4O7S2/c1-20(2)41(36,37)32-15-13-31(14-16-32)27(28(33)38-4)18-29-40(34,35)24-11-9-23(10-12-24)39-19-22-17-21(3)30-26-8-6-5-7-25(22)26/h5-12,17,27,29H,1,13-16,18-19H2,2-4H3/t27-/m0/s1. The Morgan fingerprint density at radius 1 is 1.05 bits per heavy atom. The van der Waals surface area contributed by atoms with Gasteiger partial charge in [0, 0.05) is 54.3 Å². The molecule has 11 nitrogen and oxygen atoms in total. The summed E-state index contributed by atoms with van der Waals surface area (Å²) in [6, 6.07) is 14.8. The number of benzene rings is 2. The van der Waals surface area contributed by atoms with Crippen LogP contribution in [0, 0.1) is 6.92 Å². The maximum absolute atomic E-state index is 13.0. The first-order chi connectivity index (χ1) is 19.4. The summed E-state index contributed by atoms with van der Waals surface area (Å²) in [5, 5.41) is 0.987. The quantitative estimate of drug-likeness (QED) is 0.328. The third-order valence-electron chi connectivity index (χ3n) is 6.89. The van der Waals surface area contributed by atoms with Crippen LogP contribution in [-0.4, -0.2) is 82.9 Å². The van der Waals surface area contributed by atoms with E-state index in [0.29, 0.717) is 5.75 Å². The Kier molecular flexibility index (Phi) is 9.44. The molecular weight excluding hydrogens is 568 g/mol. The number of ether oxygens (including phenoxy) is 2. The van der Waals surface area contributed by atoms with Crippen LogP contribution < -0.4 is 9.46 Å². The monoisotopic (exact) mass is 602 g/mol. The Morgan fingerprint density at radius 3 is 2.34 bits per heavy atom. The van der Waals surface area contributed by atoms with Crippen molar-refractivity contribution in [1.82, 2.24) is 18.9 Å². The Balaban J connectivity index is 1.39. The molecule has 0 amide bonds. The molecule has 1 aromatic heterocycles. The molecule has 2 aromatic carbocycles. The van der Waals surface area contributed by atoms with E-state index >= 15 is 0 Å². The maximum atomic E-state index is 13.0. The molecule has 1 N–H and O–H groups in total. The van der Waals surface area contributed by atoms with Crippen molar-refractivity contribution in [3.63, 3.8) is 0 Å². The maximum Gasteiger partial charge on any atom is 0.324 e. The van der Waals surface area contributed by atoms with Crippen molar-refractivity contribution in [1.29, 1.82) is 0 Å². The SMILES string of the molecule is C=C(C)S(=O)(=O)N1CCN([C@@H](CNS(=O)(=O)c2ccc(OCc3cc(C)nc4ccccc34)cc2)C(=O)OC)CC1. The molecule has 1 aliphatic heterocycles. The van der Waals surface area contributed by atoms with E-state index in [9.17, 15) is 21.6 Å². The van der Waals surface area contributed by atoms with E-state index in [2.05, 4.69) is 16.3 Å². The molecule has 41 heavy (non-hydrogen) atoms. The largest absolute Gasteiger partial charge is 0.489 e. The number of piperazine rings is 1. The number of nitrogens with one attached hydrogen (secondary N) is 1. The zero-order chi connectivity index (χ0) is 29.8. The molecule has 0 bridgehead atoms. The second-order valence-electron chi connectivity index (χ2n) is 9.73. The van der Waals surface area contributed by atoms with Gasteiger partial charge in [0.05, 0.1) is 17.5 Å². The smallest absolute Gasteiger partial charge is 0.324 e. The van der Waals surface area contributed by atoms with Gasteiger partial charge in [0.1, 0.15) is 18.4 Å². The molecule has 1 atom stereocenters. The summed E-state index contributed by atoms with van der Waals surface area (Å²) < 4.78 is 65.5. The summed E-state index contributed by atoms with van der Waals surface area (Å²) in [6.07, 6.45) is 0. The summed E-state index contributed by atoms with van der Waals surface area (Å²) in [7, 11) is -6.35. The van der Waals surface area contributed by atoms with Gasteiger partial charge in [0.15, 0.2) is 0 Å². The minimum Gasteiger partial charge on any atom is -0.489 e. The highest BCUT2D eigenvalue weighted by atomic mass is 32.2. The summed E-state index contributed by atoms with van der Waals surface area (Å²) >= 11 is 0. The first-order valence-corrected chi connectivity index (χ1v) is 15.9. The second-order valence-corrected chi connectivity index (χ2v) is 13.7. The molecule has 3 aromatic rings. The van der Waals surface area contributed by atoms with E-state index in [1.54, 1.807) is 17.0 Å². The topological polar surface area (TPSA) is 135 Å². The number of rotatable bonds is 11. The minimum atomic E-state index is -3.97. The molecular formula is C28H34N4O7S2. The van der Waals surface area contributed by atoms with E-state index in [-0.39, 0.29) is 49.1 Å². The number of methoxy groups -OCH3 is 1. The number of carbonyl (C=O) groups excluding carboxylic acids is 1. The molecule has 4 rings (SSSR count). The lowest BCUT2D eigenvalue weighted by atomic mass is 10.1. The average molecular weight is 603 g/mol. The highest BCUT2D eigenvalue weighted by Crippen LogP contribution is 2.22. The molecule has 220 valence electrons. The van der Waals surface area contributed by atoms with Crippen molar-refractivity contribution in [3.8, 4) is 5.75 Å². The molecule has 0 radical (unpaired) electrons. The molecule has 0 saturated carbocycles. The predicted molar refractivity (Wildman–Crippen MR) is 155 cm³/mol. The lowest BCUT2D eigenvalue weighted by Gasteiger charge is -2.37. The van der Waals surface area contributed by atoms with E-state index in [1.165, 1.54) is 30.5 Å². The van der Waals surface area contributed by atoms with Crippen LogP contribution in [0.15, 0.2) is 71.0 Å². The fraction of sp³-hybridized carbons (Fsp3) is 0.357. The third kappa shape index (κ3) is 7.11. The first kappa shape index (κ1) is 30.6. The number of allylic oxidation sites excluding steroid dienone is 1. The second kappa shape index (κ2) is 12.7. The first-order valence-electron chi connectivity index (χ1n) is 13.0. The van der Waals surface area contributed by atoms with Crippen molar-refractivity contribution < 1.29 is 31.1 Å². The van der Waals surface area contributed by atoms with Crippen LogP contribution in [0.25, 0.3) is 10.9 Å². The minimum absolute atomic E-state index is 0.0102. The van der Waals surface area contributed by atoms with Crippen molar-refractivity contribution >= 4 is 36.9 Å². The fourth-order valence-corrected chi connectivity index (χ4v) is 6.76. The number of aryl methyl sites for hydroxylation is 1. The number of hydrogen-bond donors (Lipinski definition) is 1. The van der Waals surface area contributed by atoms with Crippen molar-refractivity contribution in [2.45, 2.75) is 31.4 Å². The van der Waals surface area contributed by atoms with Crippen LogP contribution >= 0.6 is 0 Å². The number of sulfonamides is 2. The summed E-state index contributed by atoms with van der Waals surface area (Å²) in [6.45, 7) is 7.66. The van der Waals surface area contributed by atoms with Gasteiger partial charge in [-0.1, -0.05) is 24.8 Å². The number of aromatic nitrogens is 1. The Labute approximate surface area is 240 Å². The molecule has 1 aliphatic rings. The summed E-state index contributed by atoms with van der Waals surface area (Å²) in [5.41, 5.74) is 2.72. The summed E-state index contributed by atoms with van der Waals surface area (Å²) in [5.74, 6) is -0.121. The van der Waals surface area contributed by atoms with Crippen molar-refractivity contribution in [2.24, 2.45) is 0 Å². The van der Waals surface area contributed by atoms with Gasteiger partial charge in [-0.15, -0.1) is 0 Å². The molecule has 2 heterocycles. The van der Waals surface area contributed by atoms with E-state index in [1.807, 2.05) is 37.3 Å². The fourth-order valence-electron chi connectivity index (χ4n) is 4.64. The van der Waals surface area contributed by atoms with E-state index in [0.717, 1.165) is 22.2 Å². The Morgan fingerprint density at radius 2 is 1.71 bits per heavy atom. The molecule has 0 spiro atoms. The summed E-state index contributed by atoms with van der Waals surface area (Å²) in [4.78, 5) is 18.8. The van der Waals surface area contributed by atoms with Crippen LogP contribution in [0.3, 0.4) is 0 Å². The lowest BCUT2D eigenvalue weighted by Crippen LogP contribution is -2.57. The number of para-hydroxylation sites is 1. The number of carbonyl (C=O) groups is 1. The van der Waals surface area contributed by atoms with Gasteiger partial charge in [-0.3, -0.25) is 14.7 Å². The average Bonchev–Trinajstić information content (AvgIpc) is 2.96. The Bertz CT molecular complexity index is 1630. The number of hydrogen-bond acceptors (Lipinski definition) is 9. The highest BCUT2D eigenvalue weighted by Gasteiger charge is 2.34. The number of fused-ring (bicyclic) bond motifs is 1. The molecule has 1 fully saturated rings. The Hall–Kier alpha value is -3.36. The number of esters is 1. The van der Waals surface area contributed by atoms with Gasteiger partial charge in [-0.05, 0) is 50.2 Å². The zero-order valence-corrected chi connectivity index (χ0v) is 24.9. The normalized spacial score (nSPS) is 15.9. The van der Waals surface area contributed by atoms with Gasteiger partial charge < -0.3 is 9.47 Å². The van der Waals surface area contributed by atoms with Crippen LogP contribution in [-0.2, 0) is 36.2 Å². The number of nitrogens with zero attached hydrogens (tertiary/aromatic N) is 3. The zero-order valence-electron chi connectivity index (χ0n) is 23.2. The van der Waals surface area contributed by atoms with Gasteiger partial charge in [0.2, 0.25) is 20.0 Å². The van der Waals surface area contributed by atoms with Crippen molar-refractivity contribution in [2.75, 3.05) is 39.8 Å². The predicted octanol–water partition coefficient (Wildman–Crippen LogP) is 2.42. The van der Waals surface area contributed by atoms with E-state index in [4.69, 9.17) is 9.47 Å². The van der Waals surface area contributed by atoms with Crippen molar-refractivity contribution in [3.05, 3.63) is 77.3 Å². The van der Waals surface area contributed by atoms with Crippen LogP contribution in [0.1, 0.15) is 18.2 Å². The lowest BCUT2D eigenvalue weighted by molar-refractivity contribution is -0.147.